The van der Waals surface area contributed by atoms with Crippen molar-refractivity contribution in [1.29, 1.82) is 0 Å². The van der Waals surface area contributed by atoms with Gasteiger partial charge in [0.2, 0.25) is 5.16 Å². The quantitative estimate of drug-likeness (QED) is 0.203. The van der Waals surface area contributed by atoms with E-state index < -0.39 is 43.1 Å². The van der Waals surface area contributed by atoms with E-state index in [1.807, 2.05) is 0 Å². The van der Waals surface area contributed by atoms with E-state index in [-0.39, 0.29) is 37.8 Å². The topological polar surface area (TPSA) is 148 Å². The molecule has 1 aliphatic rings. The van der Waals surface area contributed by atoms with Crippen LogP contribution in [0.5, 0.6) is 0 Å². The van der Waals surface area contributed by atoms with E-state index in [0.29, 0.717) is 29.8 Å². The number of nitrogens with zero attached hydrogens (tertiary/aromatic N) is 7. The molecule has 0 saturated carbocycles. The highest BCUT2D eigenvalue weighted by molar-refractivity contribution is 8.13. The van der Waals surface area contributed by atoms with Gasteiger partial charge in [0.15, 0.2) is 6.73 Å². The number of alkyl halides is 3. The normalized spacial score (nSPS) is 12.7. The monoisotopic (exact) mass is 605 g/mol. The van der Waals surface area contributed by atoms with Gasteiger partial charge < -0.3 is 9.64 Å². The van der Waals surface area contributed by atoms with E-state index >= 15 is 0 Å². The molecule has 0 radical (unpaired) electrons. The van der Waals surface area contributed by atoms with Crippen molar-refractivity contribution in [3.63, 3.8) is 0 Å². The molecule has 0 unspecified atom stereocenters. The van der Waals surface area contributed by atoms with Gasteiger partial charge in [-0.05, 0) is 54.6 Å². The predicted molar refractivity (Wildman–Crippen MR) is 140 cm³/mol. The van der Waals surface area contributed by atoms with Crippen LogP contribution in [0.4, 0.5) is 23.7 Å². The van der Waals surface area contributed by atoms with Crippen molar-refractivity contribution in [3.05, 3.63) is 59.7 Å². The van der Waals surface area contributed by atoms with Crippen LogP contribution in [0.2, 0.25) is 0 Å². The number of halogens is 3. The molecule has 0 N–H and O–H groups in total. The lowest BCUT2D eigenvalue weighted by atomic mass is 10.1. The van der Waals surface area contributed by atoms with Crippen LogP contribution in [-0.4, -0.2) is 91.5 Å². The molecule has 42 heavy (non-hydrogen) atoms. The molecule has 4 amide bonds. The number of esters is 1. The van der Waals surface area contributed by atoms with E-state index in [1.54, 1.807) is 13.8 Å². The minimum absolute atomic E-state index is 0.0121. The Balaban J connectivity index is 1.54. The molecule has 0 bridgehead atoms. The van der Waals surface area contributed by atoms with Crippen LogP contribution >= 0.6 is 11.8 Å². The van der Waals surface area contributed by atoms with Gasteiger partial charge in [0, 0.05) is 30.5 Å². The highest BCUT2D eigenvalue weighted by atomic mass is 32.2. The average molecular weight is 606 g/mol. The summed E-state index contributed by atoms with van der Waals surface area (Å²) in [6.45, 7) is 2.35. The average Bonchev–Trinajstić information content (AvgIpc) is 3.52. The predicted octanol–water partition coefficient (Wildman–Crippen LogP) is 2.91. The third kappa shape index (κ3) is 6.24. The molecule has 13 nitrogen and oxygen atoms in total. The number of rotatable bonds is 9. The van der Waals surface area contributed by atoms with Gasteiger partial charge in [-0.3, -0.25) is 28.9 Å². The second-order valence-electron chi connectivity index (χ2n) is 8.55. The molecule has 2 heterocycles. The van der Waals surface area contributed by atoms with Crippen molar-refractivity contribution in [2.75, 3.05) is 31.3 Å². The van der Waals surface area contributed by atoms with Crippen molar-refractivity contribution in [1.82, 2.24) is 30.0 Å². The summed E-state index contributed by atoms with van der Waals surface area (Å²) in [6.07, 6.45) is -5.37. The van der Waals surface area contributed by atoms with Crippen LogP contribution < -0.4 is 4.90 Å². The zero-order chi connectivity index (χ0) is 30.6. The van der Waals surface area contributed by atoms with Crippen molar-refractivity contribution >= 4 is 46.4 Å². The molecule has 0 fully saturated rings. The Labute approximate surface area is 240 Å². The minimum atomic E-state index is -5.37. The summed E-state index contributed by atoms with van der Waals surface area (Å²) >= 11 is 0.698. The first-order valence-electron chi connectivity index (χ1n) is 12.3. The molecule has 0 atom stereocenters. The van der Waals surface area contributed by atoms with Crippen LogP contribution in [0.1, 0.15) is 34.6 Å². The SMILES string of the molecule is CCN(CC)C(=O)Sc1nnnn1-c1cccc(N(CC(=O)OCN2C(=O)c3ccccc3C2=O)C(=O)C(F)(F)F)c1. The summed E-state index contributed by atoms with van der Waals surface area (Å²) in [5.41, 5.74) is -0.105. The maximum atomic E-state index is 13.5. The Morgan fingerprint density at radius 1 is 0.976 bits per heavy atom. The van der Waals surface area contributed by atoms with Crippen LogP contribution in [0, 0.1) is 0 Å². The van der Waals surface area contributed by atoms with Crippen molar-refractivity contribution in [3.8, 4) is 5.69 Å². The Morgan fingerprint density at radius 3 is 2.21 bits per heavy atom. The van der Waals surface area contributed by atoms with Gasteiger partial charge in [0.05, 0.1) is 16.8 Å². The first kappa shape index (κ1) is 30.2. The minimum Gasteiger partial charge on any atom is -0.442 e. The molecule has 2 aromatic carbocycles. The zero-order valence-corrected chi connectivity index (χ0v) is 22.9. The fraction of sp³-hybridized carbons (Fsp3) is 0.280. The lowest BCUT2D eigenvalue weighted by Crippen LogP contribution is -2.45. The summed E-state index contributed by atoms with van der Waals surface area (Å²) < 4.78 is 46.6. The number of imide groups is 1. The van der Waals surface area contributed by atoms with Gasteiger partial charge >= 0.3 is 18.1 Å². The summed E-state index contributed by atoms with van der Waals surface area (Å²) in [5, 5.41) is 10.8. The van der Waals surface area contributed by atoms with E-state index in [0.717, 1.165) is 16.8 Å². The molecule has 0 aliphatic carbocycles. The Kier molecular flexibility index (Phi) is 8.89. The first-order chi connectivity index (χ1) is 20.0. The number of tetrazole rings is 1. The van der Waals surface area contributed by atoms with Gasteiger partial charge in [0.1, 0.15) is 6.54 Å². The Hall–Kier alpha value is -4.80. The number of carbonyl (C=O) groups excluding carboxylic acids is 5. The number of amides is 4. The molecule has 3 aromatic rings. The van der Waals surface area contributed by atoms with Gasteiger partial charge in [-0.25, -0.2) is 4.90 Å². The van der Waals surface area contributed by atoms with Gasteiger partial charge in [0.25, 0.3) is 17.1 Å². The smallest absolute Gasteiger partial charge is 0.442 e. The molecule has 220 valence electrons. The number of anilines is 1. The number of ether oxygens (including phenoxy) is 1. The molecule has 1 aromatic heterocycles. The fourth-order valence-corrected chi connectivity index (χ4v) is 4.77. The van der Waals surface area contributed by atoms with Crippen LogP contribution in [-0.2, 0) is 14.3 Å². The second-order valence-corrected chi connectivity index (χ2v) is 9.47. The summed E-state index contributed by atoms with van der Waals surface area (Å²) in [6, 6.07) is 10.9. The van der Waals surface area contributed by atoms with Crippen molar-refractivity contribution < 1.29 is 41.9 Å². The summed E-state index contributed by atoms with van der Waals surface area (Å²) in [4.78, 5) is 64.7. The second kappa shape index (κ2) is 12.4. The van der Waals surface area contributed by atoms with Gasteiger partial charge in [-0.15, -0.1) is 5.10 Å². The highest BCUT2D eigenvalue weighted by Gasteiger charge is 2.44. The molecule has 4 rings (SSSR count). The zero-order valence-electron chi connectivity index (χ0n) is 22.1. The van der Waals surface area contributed by atoms with Crippen LogP contribution in [0.3, 0.4) is 0 Å². The van der Waals surface area contributed by atoms with Gasteiger partial charge in [-0.1, -0.05) is 18.2 Å². The number of thioether (sulfide) groups is 1. The van der Waals surface area contributed by atoms with E-state index in [1.165, 1.54) is 41.3 Å². The highest BCUT2D eigenvalue weighted by Crippen LogP contribution is 2.28. The van der Waals surface area contributed by atoms with E-state index in [9.17, 15) is 37.1 Å². The number of hydrogen-bond donors (Lipinski definition) is 0. The van der Waals surface area contributed by atoms with Crippen molar-refractivity contribution in [2.45, 2.75) is 25.2 Å². The molecular weight excluding hydrogens is 583 g/mol. The largest absolute Gasteiger partial charge is 0.471 e. The lowest BCUT2D eigenvalue weighted by Gasteiger charge is -2.24. The van der Waals surface area contributed by atoms with E-state index in [2.05, 4.69) is 15.5 Å². The third-order valence-electron chi connectivity index (χ3n) is 6.03. The van der Waals surface area contributed by atoms with Crippen LogP contribution in [0.15, 0.2) is 53.7 Å². The molecule has 17 heteroatoms. The molecule has 0 saturated heterocycles. The number of carbonyl (C=O) groups is 5. The third-order valence-corrected chi connectivity index (χ3v) is 6.90. The lowest BCUT2D eigenvalue weighted by molar-refractivity contribution is -0.171. The van der Waals surface area contributed by atoms with Gasteiger partial charge in [-0.2, -0.15) is 17.9 Å². The standard InChI is InChI=1S/C25H22F3N7O6S/c1-3-32(4-2)24(40)42-23-29-30-31-35(23)16-9-7-8-15(12-16)33(22(39)25(26,27)28)13-19(36)41-14-34-20(37)17-10-5-6-11-18(17)21(34)38/h5-12H,3-4,13-14H2,1-2H3. The number of benzene rings is 2. The number of aromatic nitrogens is 4. The first-order valence-corrected chi connectivity index (χ1v) is 13.1. The molecule has 1 aliphatic heterocycles. The summed E-state index contributed by atoms with van der Waals surface area (Å²) in [5.74, 6) is -5.18. The summed E-state index contributed by atoms with van der Waals surface area (Å²) in [7, 11) is 0. The van der Waals surface area contributed by atoms with Crippen molar-refractivity contribution in [2.24, 2.45) is 0 Å². The maximum absolute atomic E-state index is 13.5. The fourth-order valence-electron chi connectivity index (χ4n) is 3.92. The van der Waals surface area contributed by atoms with Crippen LogP contribution in [0.25, 0.3) is 5.69 Å². The Bertz CT molecular complexity index is 1510. The molecule has 0 spiro atoms. The maximum Gasteiger partial charge on any atom is 0.471 e. The van der Waals surface area contributed by atoms with E-state index in [4.69, 9.17) is 4.74 Å². The molecular formula is C25H22F3N7O6S. The number of fused-ring (bicyclic) bond motifs is 1. The number of hydrogen-bond acceptors (Lipinski definition) is 10. The Morgan fingerprint density at radius 2 is 1.62 bits per heavy atom.